The van der Waals surface area contributed by atoms with Crippen molar-refractivity contribution in [2.45, 2.75) is 13.0 Å². The fraction of sp³-hybridized carbons (Fsp3) is 0.120. The smallest absolute Gasteiger partial charge is 0.257 e. The number of nitrogens with one attached hydrogen (secondary N) is 2. The van der Waals surface area contributed by atoms with Gasteiger partial charge in [0.15, 0.2) is 5.82 Å². The van der Waals surface area contributed by atoms with E-state index in [2.05, 4.69) is 20.6 Å². The number of rotatable bonds is 5. The monoisotopic (exact) mass is 456 g/mol. The zero-order valence-corrected chi connectivity index (χ0v) is 18.5. The molecule has 0 saturated heterocycles. The highest BCUT2D eigenvalue weighted by molar-refractivity contribution is 6.05. The zero-order chi connectivity index (χ0) is 23.7. The van der Waals surface area contributed by atoms with Crippen LogP contribution in [0.25, 0.3) is 11.4 Å². The number of carbonyl (C=O) groups excluding carboxylic acids is 1. The normalized spacial score (nSPS) is 14.9. The van der Waals surface area contributed by atoms with Crippen molar-refractivity contribution in [1.29, 1.82) is 0 Å². The Morgan fingerprint density at radius 1 is 1.09 bits per heavy atom. The number of pyridine rings is 1. The molecule has 2 N–H and O–H groups in total. The summed E-state index contributed by atoms with van der Waals surface area (Å²) >= 11 is 0. The molecule has 170 valence electrons. The number of methoxy groups -OCH3 is 1. The molecule has 0 radical (unpaired) electrons. The van der Waals surface area contributed by atoms with Crippen molar-refractivity contribution in [1.82, 2.24) is 19.7 Å². The summed E-state index contributed by atoms with van der Waals surface area (Å²) in [5.74, 6) is 1.23. The van der Waals surface area contributed by atoms with Gasteiger partial charge in [-0.2, -0.15) is 4.98 Å². The van der Waals surface area contributed by atoms with Crippen LogP contribution in [0.1, 0.15) is 18.5 Å². The van der Waals surface area contributed by atoms with Crippen LogP contribution < -0.4 is 15.4 Å². The molecule has 0 bridgehead atoms. The Labute approximate surface area is 195 Å². The van der Waals surface area contributed by atoms with E-state index >= 15 is 0 Å². The number of ether oxygens (including phenoxy) is 1. The minimum Gasteiger partial charge on any atom is -0.496 e. The molecule has 0 spiro atoms. The third-order valence-electron chi connectivity index (χ3n) is 5.54. The number of hydrogen-bond donors (Lipinski definition) is 2. The molecule has 9 heteroatoms. The Morgan fingerprint density at radius 3 is 2.59 bits per heavy atom. The Bertz CT molecular complexity index is 1380. The van der Waals surface area contributed by atoms with Gasteiger partial charge in [0.25, 0.3) is 5.91 Å². The van der Waals surface area contributed by atoms with E-state index in [1.54, 1.807) is 48.3 Å². The first-order valence-electron chi connectivity index (χ1n) is 10.6. The minimum atomic E-state index is -0.627. The lowest BCUT2D eigenvalue weighted by atomic mass is 9.94. The number of benzene rings is 2. The number of halogens is 1. The third-order valence-corrected chi connectivity index (χ3v) is 5.54. The van der Waals surface area contributed by atoms with Crippen LogP contribution in [0.5, 0.6) is 5.75 Å². The van der Waals surface area contributed by atoms with Crippen molar-refractivity contribution in [3.63, 3.8) is 0 Å². The highest BCUT2D eigenvalue weighted by atomic mass is 19.1. The van der Waals surface area contributed by atoms with Crippen molar-refractivity contribution in [3.8, 4) is 17.1 Å². The predicted molar refractivity (Wildman–Crippen MR) is 126 cm³/mol. The van der Waals surface area contributed by atoms with Gasteiger partial charge in [0, 0.05) is 23.0 Å². The van der Waals surface area contributed by atoms with Crippen molar-refractivity contribution in [2.24, 2.45) is 0 Å². The molecule has 34 heavy (non-hydrogen) atoms. The number of carbonyl (C=O) groups is 1. The summed E-state index contributed by atoms with van der Waals surface area (Å²) in [7, 11) is 1.58. The lowest BCUT2D eigenvalue weighted by molar-refractivity contribution is -0.113. The minimum absolute atomic E-state index is 0.330. The molecule has 0 fully saturated rings. The van der Waals surface area contributed by atoms with E-state index in [9.17, 15) is 9.18 Å². The van der Waals surface area contributed by atoms with Crippen LogP contribution in [-0.4, -0.2) is 32.8 Å². The first-order valence-corrected chi connectivity index (χ1v) is 10.6. The summed E-state index contributed by atoms with van der Waals surface area (Å²) < 4.78 is 20.7. The van der Waals surface area contributed by atoms with Crippen molar-refractivity contribution >= 4 is 17.7 Å². The second kappa shape index (κ2) is 8.78. The van der Waals surface area contributed by atoms with Crippen LogP contribution in [0, 0.1) is 5.82 Å². The number of para-hydroxylation sites is 1. The zero-order valence-electron chi connectivity index (χ0n) is 18.5. The van der Waals surface area contributed by atoms with Crippen LogP contribution in [0.3, 0.4) is 0 Å². The average molecular weight is 456 g/mol. The SMILES string of the molecule is COc1ccccc1C1C(C(=O)Nc2ccccn2)=C(C)Nc2nc(-c3ccc(F)cc3)nn21. The molecule has 2 aromatic heterocycles. The maximum Gasteiger partial charge on any atom is 0.257 e. The molecule has 1 atom stereocenters. The summed E-state index contributed by atoms with van der Waals surface area (Å²) in [6.07, 6.45) is 1.61. The molecule has 1 unspecified atom stereocenters. The van der Waals surface area contributed by atoms with Gasteiger partial charge in [-0.1, -0.05) is 24.3 Å². The summed E-state index contributed by atoms with van der Waals surface area (Å²) in [6.45, 7) is 1.81. The molecule has 8 nitrogen and oxygen atoms in total. The summed E-state index contributed by atoms with van der Waals surface area (Å²) in [4.78, 5) is 22.3. The quantitative estimate of drug-likeness (QED) is 0.462. The number of nitrogens with zero attached hydrogens (tertiary/aromatic N) is 4. The lowest BCUT2D eigenvalue weighted by Gasteiger charge is -2.29. The van der Waals surface area contributed by atoms with E-state index in [-0.39, 0.29) is 11.7 Å². The number of aromatic nitrogens is 4. The maximum atomic E-state index is 13.5. The van der Waals surface area contributed by atoms with Gasteiger partial charge >= 0.3 is 0 Å². The third kappa shape index (κ3) is 3.88. The van der Waals surface area contributed by atoms with Gasteiger partial charge < -0.3 is 15.4 Å². The van der Waals surface area contributed by atoms with E-state index in [1.165, 1.54) is 12.1 Å². The van der Waals surface area contributed by atoms with Crippen LogP contribution in [-0.2, 0) is 4.79 Å². The predicted octanol–water partition coefficient (Wildman–Crippen LogP) is 4.42. The van der Waals surface area contributed by atoms with E-state index in [1.807, 2.05) is 31.2 Å². The number of amides is 1. The first-order chi connectivity index (χ1) is 16.5. The maximum absolute atomic E-state index is 13.5. The standard InChI is InChI=1S/C25H21FN6O2/c1-15-21(24(33)29-20-9-5-6-14-27-20)22(18-7-3-4-8-19(18)34-2)32-25(28-15)30-23(31-32)16-10-12-17(26)13-11-16/h3-14,22H,1-2H3,(H,27,29,33)(H,28,30,31). The Morgan fingerprint density at radius 2 is 1.85 bits per heavy atom. The van der Waals surface area contributed by atoms with Gasteiger partial charge in [0.05, 0.1) is 12.7 Å². The van der Waals surface area contributed by atoms with Crippen LogP contribution in [0.15, 0.2) is 84.2 Å². The highest BCUT2D eigenvalue weighted by Crippen LogP contribution is 2.40. The Balaban J connectivity index is 1.63. The number of fused-ring (bicyclic) bond motifs is 1. The van der Waals surface area contributed by atoms with E-state index < -0.39 is 6.04 Å². The van der Waals surface area contributed by atoms with Crippen molar-refractivity contribution < 1.29 is 13.9 Å². The van der Waals surface area contributed by atoms with Crippen molar-refractivity contribution in [2.75, 3.05) is 17.7 Å². The molecule has 0 aliphatic carbocycles. The fourth-order valence-electron chi connectivity index (χ4n) is 3.97. The molecule has 5 rings (SSSR count). The van der Waals surface area contributed by atoms with Gasteiger partial charge in [0.2, 0.25) is 5.95 Å². The number of hydrogen-bond acceptors (Lipinski definition) is 6. The van der Waals surface area contributed by atoms with Gasteiger partial charge in [-0.3, -0.25) is 4.79 Å². The Kier molecular flexibility index (Phi) is 5.51. The topological polar surface area (TPSA) is 94.0 Å². The Hall–Kier alpha value is -4.53. The van der Waals surface area contributed by atoms with E-state index in [0.29, 0.717) is 40.2 Å². The summed E-state index contributed by atoms with van der Waals surface area (Å²) in [5, 5.41) is 10.7. The van der Waals surface area contributed by atoms with E-state index in [4.69, 9.17) is 9.84 Å². The molecular formula is C25H21FN6O2. The van der Waals surface area contributed by atoms with Crippen LogP contribution in [0.4, 0.5) is 16.2 Å². The van der Waals surface area contributed by atoms with Gasteiger partial charge in [-0.25, -0.2) is 14.1 Å². The average Bonchev–Trinajstić information content (AvgIpc) is 3.27. The second-order valence-electron chi connectivity index (χ2n) is 7.69. The molecule has 3 heterocycles. The largest absolute Gasteiger partial charge is 0.496 e. The van der Waals surface area contributed by atoms with Gasteiger partial charge in [-0.15, -0.1) is 5.10 Å². The fourth-order valence-corrected chi connectivity index (χ4v) is 3.97. The molecule has 1 aliphatic rings. The number of allylic oxidation sites excluding steroid dienone is 1. The molecule has 4 aromatic rings. The molecular weight excluding hydrogens is 435 g/mol. The first kappa shape index (κ1) is 21.3. The van der Waals surface area contributed by atoms with Gasteiger partial charge in [0.1, 0.15) is 23.4 Å². The molecule has 1 aliphatic heterocycles. The van der Waals surface area contributed by atoms with Crippen LogP contribution >= 0.6 is 0 Å². The molecule has 0 saturated carbocycles. The van der Waals surface area contributed by atoms with E-state index in [0.717, 1.165) is 5.56 Å². The highest BCUT2D eigenvalue weighted by Gasteiger charge is 2.36. The molecule has 1 amide bonds. The summed E-state index contributed by atoms with van der Waals surface area (Å²) in [6, 6.07) is 18.1. The summed E-state index contributed by atoms with van der Waals surface area (Å²) in [5.41, 5.74) is 2.46. The molecule has 2 aromatic carbocycles. The van der Waals surface area contributed by atoms with Gasteiger partial charge in [-0.05, 0) is 49.4 Å². The second-order valence-corrected chi connectivity index (χ2v) is 7.69. The number of anilines is 2. The van der Waals surface area contributed by atoms with Crippen LogP contribution in [0.2, 0.25) is 0 Å². The lowest BCUT2D eigenvalue weighted by Crippen LogP contribution is -2.31. The van der Waals surface area contributed by atoms with Crippen molar-refractivity contribution in [3.05, 3.63) is 95.6 Å².